The van der Waals surface area contributed by atoms with Crippen molar-refractivity contribution in [2.75, 3.05) is 6.54 Å². The maximum absolute atomic E-state index is 12.6. The van der Waals surface area contributed by atoms with E-state index in [2.05, 4.69) is 15.3 Å². The Morgan fingerprint density at radius 2 is 2.07 bits per heavy atom. The molecule has 3 aromatic rings. The van der Waals surface area contributed by atoms with Crippen molar-refractivity contribution in [3.8, 4) is 0 Å². The molecule has 0 spiro atoms. The van der Waals surface area contributed by atoms with Crippen molar-refractivity contribution in [2.24, 2.45) is 0 Å². The molecule has 0 aliphatic carbocycles. The SMILES string of the molecule is Cc1nccn1CCNC(=O)c1c[nH]c(=O)n(Cc2ccccc2Cl)c1=O. The summed E-state index contributed by atoms with van der Waals surface area (Å²) in [5, 5.41) is 3.12. The zero-order valence-electron chi connectivity index (χ0n) is 14.6. The van der Waals surface area contributed by atoms with Crippen LogP contribution in [-0.2, 0) is 13.1 Å². The minimum atomic E-state index is -0.671. The van der Waals surface area contributed by atoms with Crippen LogP contribution in [-0.4, -0.2) is 31.6 Å². The number of amides is 1. The molecule has 9 heteroatoms. The number of rotatable bonds is 6. The summed E-state index contributed by atoms with van der Waals surface area (Å²) >= 11 is 6.10. The molecule has 2 heterocycles. The third-order valence-electron chi connectivity index (χ3n) is 4.15. The van der Waals surface area contributed by atoms with Gasteiger partial charge in [-0.2, -0.15) is 0 Å². The Morgan fingerprint density at radius 1 is 1.30 bits per heavy atom. The van der Waals surface area contributed by atoms with Crippen LogP contribution in [0.15, 0.2) is 52.4 Å². The Hall–Kier alpha value is -3.13. The molecule has 0 saturated heterocycles. The van der Waals surface area contributed by atoms with Crippen molar-refractivity contribution >= 4 is 17.5 Å². The van der Waals surface area contributed by atoms with Crippen LogP contribution in [0.2, 0.25) is 5.02 Å². The van der Waals surface area contributed by atoms with Crippen molar-refractivity contribution in [1.82, 2.24) is 24.4 Å². The first kappa shape index (κ1) is 18.7. The fourth-order valence-electron chi connectivity index (χ4n) is 2.64. The molecule has 0 bridgehead atoms. The van der Waals surface area contributed by atoms with Crippen LogP contribution in [0.25, 0.3) is 0 Å². The summed E-state index contributed by atoms with van der Waals surface area (Å²) in [5.41, 5.74) is -0.801. The first-order valence-corrected chi connectivity index (χ1v) is 8.67. The van der Waals surface area contributed by atoms with Gasteiger partial charge in [-0.1, -0.05) is 29.8 Å². The molecule has 0 fully saturated rings. The average Bonchev–Trinajstić information content (AvgIpc) is 3.05. The molecular weight excluding hydrogens is 370 g/mol. The summed E-state index contributed by atoms with van der Waals surface area (Å²) in [5.74, 6) is 0.275. The number of aryl methyl sites for hydroxylation is 1. The van der Waals surface area contributed by atoms with Crippen molar-refractivity contribution < 1.29 is 4.79 Å². The number of carbonyl (C=O) groups excluding carboxylic acids is 1. The van der Waals surface area contributed by atoms with Crippen LogP contribution < -0.4 is 16.6 Å². The number of carbonyl (C=O) groups is 1. The topological polar surface area (TPSA) is 102 Å². The highest BCUT2D eigenvalue weighted by Gasteiger charge is 2.15. The van der Waals surface area contributed by atoms with E-state index >= 15 is 0 Å². The maximum atomic E-state index is 12.6. The lowest BCUT2D eigenvalue weighted by Crippen LogP contribution is -2.41. The van der Waals surface area contributed by atoms with Crippen LogP contribution >= 0.6 is 11.6 Å². The number of hydrogen-bond acceptors (Lipinski definition) is 4. The predicted octanol–water partition coefficient (Wildman–Crippen LogP) is 1.17. The minimum absolute atomic E-state index is 0.0246. The van der Waals surface area contributed by atoms with Crippen molar-refractivity contribution in [1.29, 1.82) is 0 Å². The molecule has 27 heavy (non-hydrogen) atoms. The highest BCUT2D eigenvalue weighted by atomic mass is 35.5. The molecule has 0 unspecified atom stereocenters. The number of nitrogens with zero attached hydrogens (tertiary/aromatic N) is 3. The number of H-pyrrole nitrogens is 1. The lowest BCUT2D eigenvalue weighted by molar-refractivity contribution is 0.0949. The monoisotopic (exact) mass is 387 g/mol. The number of nitrogens with one attached hydrogen (secondary N) is 2. The van der Waals surface area contributed by atoms with Crippen LogP contribution in [0.3, 0.4) is 0 Å². The molecule has 8 nitrogen and oxygen atoms in total. The van der Waals surface area contributed by atoms with E-state index in [0.29, 0.717) is 23.7 Å². The quantitative estimate of drug-likeness (QED) is 0.662. The Kier molecular flexibility index (Phi) is 5.56. The summed E-state index contributed by atoms with van der Waals surface area (Å²) in [6.45, 7) is 2.67. The summed E-state index contributed by atoms with van der Waals surface area (Å²) in [6, 6.07) is 6.90. The number of aromatic amines is 1. The number of benzene rings is 1. The van der Waals surface area contributed by atoms with Gasteiger partial charge in [0.1, 0.15) is 11.4 Å². The second kappa shape index (κ2) is 8.05. The second-order valence-electron chi connectivity index (χ2n) is 5.91. The highest BCUT2D eigenvalue weighted by molar-refractivity contribution is 6.31. The Bertz CT molecular complexity index is 1080. The van der Waals surface area contributed by atoms with Gasteiger partial charge in [0.05, 0.1) is 6.54 Å². The van der Waals surface area contributed by atoms with E-state index in [9.17, 15) is 14.4 Å². The van der Waals surface area contributed by atoms with Crippen LogP contribution in [0.1, 0.15) is 21.7 Å². The van der Waals surface area contributed by atoms with Crippen LogP contribution in [0.5, 0.6) is 0 Å². The molecule has 0 aliphatic heterocycles. The van der Waals surface area contributed by atoms with Crippen molar-refractivity contribution in [3.63, 3.8) is 0 Å². The summed E-state index contributed by atoms with van der Waals surface area (Å²) in [7, 11) is 0. The third-order valence-corrected chi connectivity index (χ3v) is 4.52. The maximum Gasteiger partial charge on any atom is 0.328 e. The van der Waals surface area contributed by atoms with E-state index in [1.807, 2.05) is 11.5 Å². The smallest absolute Gasteiger partial charge is 0.328 e. The van der Waals surface area contributed by atoms with Crippen molar-refractivity contribution in [3.05, 3.63) is 85.7 Å². The van der Waals surface area contributed by atoms with Gasteiger partial charge in [-0.05, 0) is 18.6 Å². The fraction of sp³-hybridized carbons (Fsp3) is 0.222. The highest BCUT2D eigenvalue weighted by Crippen LogP contribution is 2.14. The molecule has 0 atom stereocenters. The largest absolute Gasteiger partial charge is 0.350 e. The van der Waals surface area contributed by atoms with E-state index in [0.717, 1.165) is 16.6 Å². The molecule has 0 saturated carbocycles. The van der Waals surface area contributed by atoms with Gasteiger partial charge in [-0.25, -0.2) is 9.78 Å². The van der Waals surface area contributed by atoms with Gasteiger partial charge < -0.3 is 14.9 Å². The first-order valence-electron chi connectivity index (χ1n) is 8.29. The number of imidazole rings is 1. The lowest BCUT2D eigenvalue weighted by Gasteiger charge is -2.10. The molecular formula is C18H18ClN5O3. The second-order valence-corrected chi connectivity index (χ2v) is 6.32. The average molecular weight is 388 g/mol. The minimum Gasteiger partial charge on any atom is -0.350 e. The van der Waals surface area contributed by atoms with Gasteiger partial charge in [-0.3, -0.25) is 14.2 Å². The van der Waals surface area contributed by atoms with E-state index in [-0.39, 0.29) is 12.1 Å². The molecule has 140 valence electrons. The first-order chi connectivity index (χ1) is 13.0. The summed E-state index contributed by atoms with van der Waals surface area (Å²) in [6.07, 6.45) is 4.61. The van der Waals surface area contributed by atoms with E-state index in [4.69, 9.17) is 11.6 Å². The van der Waals surface area contributed by atoms with Crippen LogP contribution in [0, 0.1) is 6.92 Å². The Labute approximate surface area is 159 Å². The van der Waals surface area contributed by atoms with Gasteiger partial charge in [0.2, 0.25) is 0 Å². The molecule has 1 amide bonds. The molecule has 2 aromatic heterocycles. The van der Waals surface area contributed by atoms with Gasteiger partial charge >= 0.3 is 5.69 Å². The van der Waals surface area contributed by atoms with E-state index in [1.165, 1.54) is 0 Å². The number of hydrogen-bond donors (Lipinski definition) is 2. The molecule has 0 aliphatic rings. The zero-order chi connectivity index (χ0) is 19.4. The normalized spacial score (nSPS) is 10.7. The fourth-order valence-corrected chi connectivity index (χ4v) is 2.84. The molecule has 1 aromatic carbocycles. The standard InChI is InChI=1S/C18H18ClN5O3/c1-12-20-6-8-23(12)9-7-21-16(25)14-10-22-18(27)24(17(14)26)11-13-4-2-3-5-15(13)19/h2-6,8,10H,7,9,11H2,1H3,(H,21,25)(H,22,27). The molecule has 0 radical (unpaired) electrons. The zero-order valence-corrected chi connectivity index (χ0v) is 15.4. The van der Waals surface area contributed by atoms with E-state index in [1.54, 1.807) is 36.7 Å². The number of aromatic nitrogens is 4. The van der Waals surface area contributed by atoms with Crippen molar-refractivity contribution in [2.45, 2.75) is 20.0 Å². The van der Waals surface area contributed by atoms with Gasteiger partial charge in [0.15, 0.2) is 0 Å². The Balaban J connectivity index is 1.77. The summed E-state index contributed by atoms with van der Waals surface area (Å²) in [4.78, 5) is 43.6. The van der Waals surface area contributed by atoms with Gasteiger partial charge in [-0.15, -0.1) is 0 Å². The summed E-state index contributed by atoms with van der Waals surface area (Å²) < 4.78 is 2.83. The van der Waals surface area contributed by atoms with Gasteiger partial charge in [0.25, 0.3) is 11.5 Å². The lowest BCUT2D eigenvalue weighted by atomic mass is 10.2. The Morgan fingerprint density at radius 3 is 2.78 bits per heavy atom. The molecule has 2 N–H and O–H groups in total. The van der Waals surface area contributed by atoms with Crippen LogP contribution in [0.4, 0.5) is 0 Å². The predicted molar refractivity (Wildman–Crippen MR) is 101 cm³/mol. The molecule has 3 rings (SSSR count). The number of halogens is 1. The van der Waals surface area contributed by atoms with E-state index < -0.39 is 17.2 Å². The van der Waals surface area contributed by atoms with Gasteiger partial charge in [0, 0.05) is 36.7 Å². The third kappa shape index (κ3) is 4.17.